The average Bonchev–Trinajstić information content (AvgIpc) is 2.53. The smallest absolute Gasteiger partial charge is 0.237 e. The van der Waals surface area contributed by atoms with E-state index in [9.17, 15) is 4.79 Å². The molecule has 1 amide bonds. The standard InChI is InChI=1S/C16H13BrN2OS/c1-19(14-4-2-3-12(9-14)10-18)16(20)11-21-15-7-5-13(17)6-8-15/h2-9H,11H2,1H3. The largest absolute Gasteiger partial charge is 0.315 e. The van der Waals surface area contributed by atoms with Crippen LogP contribution < -0.4 is 4.90 Å². The zero-order valence-electron chi connectivity index (χ0n) is 11.4. The summed E-state index contributed by atoms with van der Waals surface area (Å²) in [6, 6.07) is 17.0. The molecule has 0 unspecified atom stereocenters. The minimum Gasteiger partial charge on any atom is -0.315 e. The second-order valence-corrected chi connectivity index (χ2v) is 6.32. The second-order valence-electron chi connectivity index (χ2n) is 4.36. The van der Waals surface area contributed by atoms with Gasteiger partial charge in [-0.15, -0.1) is 11.8 Å². The number of nitrogens with zero attached hydrogens (tertiary/aromatic N) is 2. The van der Waals surface area contributed by atoms with Crippen molar-refractivity contribution in [3.63, 3.8) is 0 Å². The number of rotatable bonds is 4. The van der Waals surface area contributed by atoms with Crippen LogP contribution in [0.5, 0.6) is 0 Å². The highest BCUT2D eigenvalue weighted by molar-refractivity contribution is 9.10. The Morgan fingerprint density at radius 2 is 2.00 bits per heavy atom. The molecule has 2 rings (SSSR count). The number of thioether (sulfide) groups is 1. The predicted octanol–water partition coefficient (Wildman–Crippen LogP) is 4.08. The normalized spacial score (nSPS) is 9.95. The van der Waals surface area contributed by atoms with E-state index in [4.69, 9.17) is 5.26 Å². The van der Waals surface area contributed by atoms with Crippen molar-refractivity contribution in [2.45, 2.75) is 4.90 Å². The van der Waals surface area contributed by atoms with Gasteiger partial charge in [-0.3, -0.25) is 4.79 Å². The zero-order valence-corrected chi connectivity index (χ0v) is 13.8. The maximum Gasteiger partial charge on any atom is 0.237 e. The Kier molecular flexibility index (Phi) is 5.43. The molecule has 0 radical (unpaired) electrons. The first-order valence-corrected chi connectivity index (χ1v) is 8.03. The number of amides is 1. The number of carbonyl (C=O) groups excluding carboxylic acids is 1. The lowest BCUT2D eigenvalue weighted by molar-refractivity contribution is -0.115. The molecule has 0 aliphatic rings. The average molecular weight is 361 g/mol. The van der Waals surface area contributed by atoms with E-state index >= 15 is 0 Å². The van der Waals surface area contributed by atoms with Crippen molar-refractivity contribution in [3.8, 4) is 6.07 Å². The Morgan fingerprint density at radius 3 is 2.67 bits per heavy atom. The number of hydrogen-bond acceptors (Lipinski definition) is 3. The molecule has 0 atom stereocenters. The summed E-state index contributed by atoms with van der Waals surface area (Å²) in [6.45, 7) is 0. The van der Waals surface area contributed by atoms with Crippen molar-refractivity contribution in [2.75, 3.05) is 17.7 Å². The highest BCUT2D eigenvalue weighted by Gasteiger charge is 2.11. The summed E-state index contributed by atoms with van der Waals surface area (Å²) >= 11 is 4.88. The molecule has 106 valence electrons. The monoisotopic (exact) mass is 360 g/mol. The molecular weight excluding hydrogens is 348 g/mol. The number of benzene rings is 2. The van der Waals surface area contributed by atoms with E-state index in [1.165, 1.54) is 11.8 Å². The van der Waals surface area contributed by atoms with Crippen LogP contribution in [-0.4, -0.2) is 18.7 Å². The van der Waals surface area contributed by atoms with Gasteiger partial charge in [-0.2, -0.15) is 5.26 Å². The predicted molar refractivity (Wildman–Crippen MR) is 89.4 cm³/mol. The third kappa shape index (κ3) is 4.35. The van der Waals surface area contributed by atoms with Crippen molar-refractivity contribution in [1.82, 2.24) is 0 Å². The molecule has 0 N–H and O–H groups in total. The Balaban J connectivity index is 1.99. The topological polar surface area (TPSA) is 44.1 Å². The quantitative estimate of drug-likeness (QED) is 0.771. The molecule has 0 aromatic heterocycles. The molecule has 0 fully saturated rings. The molecule has 0 spiro atoms. The molecule has 2 aromatic rings. The van der Waals surface area contributed by atoms with E-state index in [2.05, 4.69) is 22.0 Å². The number of halogens is 1. The van der Waals surface area contributed by atoms with E-state index in [0.29, 0.717) is 11.3 Å². The molecule has 0 saturated heterocycles. The lowest BCUT2D eigenvalue weighted by Crippen LogP contribution is -2.27. The maximum absolute atomic E-state index is 12.2. The zero-order chi connectivity index (χ0) is 15.2. The Morgan fingerprint density at radius 1 is 1.29 bits per heavy atom. The molecule has 3 nitrogen and oxygen atoms in total. The number of anilines is 1. The number of hydrogen-bond donors (Lipinski definition) is 0. The summed E-state index contributed by atoms with van der Waals surface area (Å²) in [5.74, 6) is 0.354. The first kappa shape index (κ1) is 15.6. The van der Waals surface area contributed by atoms with Crippen molar-refractivity contribution in [1.29, 1.82) is 5.26 Å². The molecule has 0 aliphatic heterocycles. The van der Waals surface area contributed by atoms with E-state index in [0.717, 1.165) is 15.1 Å². The summed E-state index contributed by atoms with van der Waals surface area (Å²) in [7, 11) is 1.72. The lowest BCUT2D eigenvalue weighted by Gasteiger charge is -2.17. The summed E-state index contributed by atoms with van der Waals surface area (Å²) in [5, 5.41) is 8.90. The SMILES string of the molecule is CN(C(=O)CSc1ccc(Br)cc1)c1cccc(C#N)c1. The van der Waals surface area contributed by atoms with Gasteiger partial charge in [0.1, 0.15) is 0 Å². The van der Waals surface area contributed by atoms with Crippen molar-refractivity contribution < 1.29 is 4.79 Å². The van der Waals surface area contributed by atoms with Gasteiger partial charge in [0, 0.05) is 22.1 Å². The lowest BCUT2D eigenvalue weighted by atomic mass is 10.2. The van der Waals surface area contributed by atoms with Crippen LogP contribution in [0.25, 0.3) is 0 Å². The van der Waals surface area contributed by atoms with Crippen LogP contribution >= 0.6 is 27.7 Å². The molecular formula is C16H13BrN2OS. The third-order valence-corrected chi connectivity index (χ3v) is 4.44. The molecule has 5 heteroatoms. The van der Waals surface area contributed by atoms with Crippen molar-refractivity contribution in [3.05, 3.63) is 58.6 Å². The fraction of sp³-hybridized carbons (Fsp3) is 0.125. The van der Waals surface area contributed by atoms with Crippen LogP contribution in [0.15, 0.2) is 57.9 Å². The fourth-order valence-electron chi connectivity index (χ4n) is 1.70. The van der Waals surface area contributed by atoms with E-state index in [1.54, 1.807) is 30.1 Å². The van der Waals surface area contributed by atoms with Crippen LogP contribution in [0.4, 0.5) is 5.69 Å². The molecule has 0 heterocycles. The van der Waals surface area contributed by atoms with Crippen molar-refractivity contribution >= 4 is 39.3 Å². The minimum atomic E-state index is -0.00184. The van der Waals surface area contributed by atoms with Gasteiger partial charge >= 0.3 is 0 Å². The Labute approximate surface area is 136 Å². The van der Waals surface area contributed by atoms with E-state index < -0.39 is 0 Å². The van der Waals surface area contributed by atoms with E-state index in [1.807, 2.05) is 30.3 Å². The highest BCUT2D eigenvalue weighted by atomic mass is 79.9. The van der Waals surface area contributed by atoms with Gasteiger partial charge in [-0.1, -0.05) is 22.0 Å². The van der Waals surface area contributed by atoms with Gasteiger partial charge in [0.2, 0.25) is 5.91 Å². The second kappa shape index (κ2) is 7.30. The van der Waals surface area contributed by atoms with Gasteiger partial charge in [0.25, 0.3) is 0 Å². The fourth-order valence-corrected chi connectivity index (χ4v) is 2.78. The third-order valence-electron chi connectivity index (χ3n) is 2.91. The Bertz CT molecular complexity index is 679. The summed E-state index contributed by atoms with van der Waals surface area (Å²) < 4.78 is 1.02. The van der Waals surface area contributed by atoms with E-state index in [-0.39, 0.29) is 5.91 Å². The van der Waals surface area contributed by atoms with Crippen LogP contribution in [0.1, 0.15) is 5.56 Å². The highest BCUT2D eigenvalue weighted by Crippen LogP contribution is 2.22. The first-order valence-electron chi connectivity index (χ1n) is 6.25. The molecule has 0 aliphatic carbocycles. The summed E-state index contributed by atoms with van der Waals surface area (Å²) in [4.78, 5) is 14.8. The van der Waals surface area contributed by atoms with Crippen LogP contribution in [0, 0.1) is 11.3 Å². The van der Waals surface area contributed by atoms with Gasteiger partial charge in [-0.25, -0.2) is 0 Å². The summed E-state index contributed by atoms with van der Waals surface area (Å²) in [6.07, 6.45) is 0. The first-order chi connectivity index (χ1) is 10.1. The van der Waals surface area contributed by atoms with Gasteiger partial charge in [0.15, 0.2) is 0 Å². The molecule has 2 aromatic carbocycles. The number of carbonyl (C=O) groups is 1. The van der Waals surface area contributed by atoms with Crippen LogP contribution in [0.3, 0.4) is 0 Å². The molecule has 0 saturated carbocycles. The van der Waals surface area contributed by atoms with Gasteiger partial charge in [0.05, 0.1) is 17.4 Å². The minimum absolute atomic E-state index is 0.00184. The maximum atomic E-state index is 12.2. The Hall–Kier alpha value is -1.77. The summed E-state index contributed by atoms with van der Waals surface area (Å²) in [5.41, 5.74) is 1.28. The van der Waals surface area contributed by atoms with Gasteiger partial charge in [-0.05, 0) is 42.5 Å². The van der Waals surface area contributed by atoms with Crippen molar-refractivity contribution in [2.24, 2.45) is 0 Å². The molecule has 0 bridgehead atoms. The molecule has 21 heavy (non-hydrogen) atoms. The van der Waals surface area contributed by atoms with Gasteiger partial charge < -0.3 is 4.90 Å². The van der Waals surface area contributed by atoms with Crippen LogP contribution in [-0.2, 0) is 4.79 Å². The van der Waals surface area contributed by atoms with Crippen LogP contribution in [0.2, 0.25) is 0 Å². The number of nitriles is 1.